The standard InChI is InChI=1S/C31H49N3O7/c1-7-8-12-32(13-9-14-34(4,5)6)27(35)20-33-19-23(22-10-11-25-26(17-22)41-21-40-25)28(29(36)37)24(33)18-31(2,3)30-38-15-16-39-30/h10-11,17,23-24,28,30H,7-9,12-16,18-21H2,1-6H3/p+1/t23-,24+,28-/m1/s1. The molecule has 3 aliphatic rings. The lowest BCUT2D eigenvalue weighted by molar-refractivity contribution is -0.870. The summed E-state index contributed by atoms with van der Waals surface area (Å²) in [6.07, 6.45) is 2.99. The molecule has 3 heterocycles. The number of carboxylic acids is 1. The highest BCUT2D eigenvalue weighted by Crippen LogP contribution is 2.46. The van der Waals surface area contributed by atoms with Crippen LogP contribution in [0, 0.1) is 11.3 Å². The van der Waals surface area contributed by atoms with Gasteiger partial charge in [0.2, 0.25) is 12.7 Å². The Morgan fingerprint density at radius 3 is 2.41 bits per heavy atom. The monoisotopic (exact) mass is 576 g/mol. The zero-order valence-electron chi connectivity index (χ0n) is 25.8. The van der Waals surface area contributed by atoms with Crippen LogP contribution in [0.15, 0.2) is 18.2 Å². The number of hydrogen-bond donors (Lipinski definition) is 1. The van der Waals surface area contributed by atoms with Crippen molar-refractivity contribution in [3.8, 4) is 11.5 Å². The van der Waals surface area contributed by atoms with Gasteiger partial charge in [0.25, 0.3) is 0 Å². The summed E-state index contributed by atoms with van der Waals surface area (Å²) in [5, 5.41) is 10.6. The molecule has 3 aliphatic heterocycles. The van der Waals surface area contributed by atoms with E-state index in [1.807, 2.05) is 23.1 Å². The predicted molar refractivity (Wildman–Crippen MR) is 155 cm³/mol. The van der Waals surface area contributed by atoms with Crippen LogP contribution in [0.2, 0.25) is 0 Å². The molecule has 3 atom stereocenters. The van der Waals surface area contributed by atoms with Crippen molar-refractivity contribution in [3.05, 3.63) is 23.8 Å². The summed E-state index contributed by atoms with van der Waals surface area (Å²) in [6.45, 7) is 10.5. The maximum atomic E-state index is 13.8. The van der Waals surface area contributed by atoms with E-state index in [1.165, 1.54) is 0 Å². The number of nitrogens with zero attached hydrogens (tertiary/aromatic N) is 3. The third-order valence-electron chi connectivity index (χ3n) is 8.58. The van der Waals surface area contributed by atoms with Gasteiger partial charge in [0, 0.05) is 43.4 Å². The number of rotatable bonds is 14. The number of carbonyl (C=O) groups excluding carboxylic acids is 1. The molecule has 10 nitrogen and oxygen atoms in total. The van der Waals surface area contributed by atoms with E-state index in [0.29, 0.717) is 50.8 Å². The highest BCUT2D eigenvalue weighted by molar-refractivity contribution is 5.79. The van der Waals surface area contributed by atoms with E-state index in [-0.39, 0.29) is 31.2 Å². The predicted octanol–water partition coefficient (Wildman–Crippen LogP) is 3.40. The number of amides is 1. The first-order chi connectivity index (χ1) is 19.4. The molecule has 230 valence electrons. The molecule has 0 spiro atoms. The molecule has 0 unspecified atom stereocenters. The number of fused-ring (bicyclic) bond motifs is 1. The number of quaternary nitrogens is 1. The van der Waals surface area contributed by atoms with Gasteiger partial charge in [0.15, 0.2) is 17.8 Å². The SMILES string of the molecule is CCCCN(CCC[N+](C)(C)C)C(=O)CN1C[C@H](c2ccc3c(c2)OCO3)[C@@H](C(=O)O)[C@@H]1CC(C)(C)C1OCCO1. The van der Waals surface area contributed by atoms with E-state index in [2.05, 4.69) is 46.8 Å². The molecule has 0 saturated carbocycles. The fourth-order valence-corrected chi connectivity index (χ4v) is 6.39. The second-order valence-electron chi connectivity index (χ2n) is 13.4. The number of benzene rings is 1. The normalized spacial score (nSPS) is 23.3. The van der Waals surface area contributed by atoms with E-state index >= 15 is 0 Å². The lowest BCUT2D eigenvalue weighted by atomic mass is 9.77. The Bertz CT molecular complexity index is 1050. The van der Waals surface area contributed by atoms with Gasteiger partial charge in [-0.05, 0) is 30.5 Å². The smallest absolute Gasteiger partial charge is 0.308 e. The fourth-order valence-electron chi connectivity index (χ4n) is 6.39. The fraction of sp³-hybridized carbons (Fsp3) is 0.742. The van der Waals surface area contributed by atoms with Crippen LogP contribution in [0.1, 0.15) is 57.9 Å². The Balaban J connectivity index is 1.59. The zero-order valence-corrected chi connectivity index (χ0v) is 25.8. The van der Waals surface area contributed by atoms with Crippen molar-refractivity contribution in [2.24, 2.45) is 11.3 Å². The summed E-state index contributed by atoms with van der Waals surface area (Å²) >= 11 is 0. The molecule has 1 amide bonds. The molecule has 2 saturated heterocycles. The van der Waals surface area contributed by atoms with Crippen LogP contribution in [-0.4, -0.2) is 117 Å². The van der Waals surface area contributed by atoms with Crippen molar-refractivity contribution in [1.82, 2.24) is 9.80 Å². The molecule has 0 aliphatic carbocycles. The number of likely N-dealkylation sites (tertiary alicyclic amines) is 1. The van der Waals surface area contributed by atoms with Gasteiger partial charge in [-0.25, -0.2) is 0 Å². The third-order valence-corrected chi connectivity index (χ3v) is 8.58. The van der Waals surface area contributed by atoms with Gasteiger partial charge in [0.05, 0.1) is 53.4 Å². The highest BCUT2D eigenvalue weighted by Gasteiger charge is 2.50. The second kappa shape index (κ2) is 13.3. The summed E-state index contributed by atoms with van der Waals surface area (Å²) in [5.74, 6) is -0.503. The van der Waals surface area contributed by atoms with Crippen molar-refractivity contribution < 1.29 is 38.1 Å². The summed E-state index contributed by atoms with van der Waals surface area (Å²) < 4.78 is 23.7. The molecule has 0 radical (unpaired) electrons. The minimum atomic E-state index is -0.859. The minimum Gasteiger partial charge on any atom is -0.481 e. The summed E-state index contributed by atoms with van der Waals surface area (Å²) in [5.41, 5.74) is 0.450. The maximum Gasteiger partial charge on any atom is 0.308 e. The minimum absolute atomic E-state index is 0.0616. The molecule has 10 heteroatoms. The molecular formula is C31H50N3O7+. The lowest BCUT2D eigenvalue weighted by Gasteiger charge is -2.37. The second-order valence-corrected chi connectivity index (χ2v) is 13.4. The average Bonchev–Trinajstić information content (AvgIpc) is 3.65. The van der Waals surface area contributed by atoms with Gasteiger partial charge in [-0.2, -0.15) is 0 Å². The molecule has 0 bridgehead atoms. The third kappa shape index (κ3) is 7.91. The van der Waals surface area contributed by atoms with Crippen molar-refractivity contribution >= 4 is 11.9 Å². The topological polar surface area (TPSA) is 97.8 Å². The number of carboxylic acid groups (broad SMARTS) is 1. The first kappa shape index (κ1) is 31.5. The maximum absolute atomic E-state index is 13.8. The van der Waals surface area contributed by atoms with E-state index < -0.39 is 23.6 Å². The number of hydrogen-bond acceptors (Lipinski definition) is 7. The molecule has 2 fully saturated rings. The zero-order chi connectivity index (χ0) is 29.8. The van der Waals surface area contributed by atoms with Crippen LogP contribution in [0.5, 0.6) is 11.5 Å². The molecule has 1 aromatic rings. The van der Waals surface area contributed by atoms with Crippen molar-refractivity contribution in [1.29, 1.82) is 0 Å². The van der Waals surface area contributed by atoms with Gasteiger partial charge in [-0.1, -0.05) is 33.3 Å². The molecule has 1 aromatic carbocycles. The molecule has 0 aromatic heterocycles. The van der Waals surface area contributed by atoms with Gasteiger partial charge >= 0.3 is 5.97 Å². The van der Waals surface area contributed by atoms with Crippen molar-refractivity contribution in [3.63, 3.8) is 0 Å². The van der Waals surface area contributed by atoms with E-state index in [0.717, 1.165) is 35.9 Å². The average molecular weight is 577 g/mol. The van der Waals surface area contributed by atoms with Gasteiger partial charge in [-0.15, -0.1) is 0 Å². The Morgan fingerprint density at radius 2 is 1.76 bits per heavy atom. The molecular weight excluding hydrogens is 526 g/mol. The van der Waals surface area contributed by atoms with Crippen LogP contribution < -0.4 is 9.47 Å². The Kier molecular flexibility index (Phi) is 10.2. The molecule has 41 heavy (non-hydrogen) atoms. The lowest BCUT2D eigenvalue weighted by Crippen LogP contribution is -2.47. The van der Waals surface area contributed by atoms with Crippen LogP contribution in [0.3, 0.4) is 0 Å². The van der Waals surface area contributed by atoms with E-state index in [4.69, 9.17) is 18.9 Å². The first-order valence-corrected chi connectivity index (χ1v) is 15.1. The van der Waals surface area contributed by atoms with Crippen molar-refractivity contribution in [2.45, 2.75) is 64.7 Å². The number of ether oxygens (including phenoxy) is 4. The Labute approximate surface area is 245 Å². The van der Waals surface area contributed by atoms with Crippen LogP contribution in [0.4, 0.5) is 0 Å². The molecule has 4 rings (SSSR count). The number of aliphatic carboxylic acids is 1. The van der Waals surface area contributed by atoms with E-state index in [9.17, 15) is 14.7 Å². The summed E-state index contributed by atoms with van der Waals surface area (Å²) in [7, 11) is 6.48. The van der Waals surface area contributed by atoms with Crippen LogP contribution in [0.25, 0.3) is 0 Å². The van der Waals surface area contributed by atoms with Gasteiger partial charge in [-0.3, -0.25) is 14.5 Å². The number of carbonyl (C=O) groups is 2. The first-order valence-electron chi connectivity index (χ1n) is 15.1. The quantitative estimate of drug-likeness (QED) is 0.337. The highest BCUT2D eigenvalue weighted by atomic mass is 16.7. The van der Waals surface area contributed by atoms with Gasteiger partial charge in [0.1, 0.15) is 0 Å². The summed E-state index contributed by atoms with van der Waals surface area (Å²) in [4.78, 5) is 30.9. The van der Waals surface area contributed by atoms with E-state index in [1.54, 1.807) is 0 Å². The van der Waals surface area contributed by atoms with Crippen LogP contribution in [-0.2, 0) is 19.1 Å². The Hall–Kier alpha value is -2.40. The molecule has 1 N–H and O–H groups in total. The van der Waals surface area contributed by atoms with Crippen LogP contribution >= 0.6 is 0 Å². The largest absolute Gasteiger partial charge is 0.481 e. The van der Waals surface area contributed by atoms with Crippen molar-refractivity contribution in [2.75, 3.05) is 73.9 Å². The Morgan fingerprint density at radius 1 is 1.07 bits per heavy atom. The summed E-state index contributed by atoms with van der Waals surface area (Å²) in [6, 6.07) is 5.32. The number of unbranched alkanes of at least 4 members (excludes halogenated alkanes) is 1. The van der Waals surface area contributed by atoms with Gasteiger partial charge < -0.3 is 33.4 Å².